The van der Waals surface area contributed by atoms with E-state index in [0.29, 0.717) is 12.3 Å². The van der Waals surface area contributed by atoms with E-state index in [0.717, 1.165) is 23.6 Å². The molecule has 0 spiro atoms. The topological polar surface area (TPSA) is 89.8 Å². The fourth-order valence-electron chi connectivity index (χ4n) is 2.67. The maximum Gasteiger partial charge on any atom is 0.310 e. The first-order valence-electron chi connectivity index (χ1n) is 8.51. The molecule has 0 amide bonds. The first-order chi connectivity index (χ1) is 14.8. The molecule has 2 aromatic carbocycles. The van der Waals surface area contributed by atoms with E-state index in [1.54, 1.807) is 0 Å². The van der Waals surface area contributed by atoms with Crippen LogP contribution in [0.25, 0.3) is 11.3 Å². The number of nitrogens with one attached hydrogen (secondary N) is 1. The third-order valence-electron chi connectivity index (χ3n) is 3.92. The minimum Gasteiger partial charge on any atom is -0.324 e. The fraction of sp³-hybridized carbons (Fsp3) is 0. The highest BCUT2D eigenvalue weighted by atomic mass is 32.5. The molecule has 0 unspecified atom stereocenters. The molecule has 3 rings (SSSR count). The van der Waals surface area contributed by atoms with Gasteiger partial charge < -0.3 is 5.32 Å². The van der Waals surface area contributed by atoms with E-state index in [2.05, 4.69) is 21.2 Å². The number of nitrogens with two attached hydrogens (primary N) is 2. The van der Waals surface area contributed by atoms with E-state index in [4.69, 9.17) is 10.3 Å². The summed E-state index contributed by atoms with van der Waals surface area (Å²) in [6.07, 6.45) is 0.569. The van der Waals surface area contributed by atoms with Crippen LogP contribution < -0.4 is 15.6 Å². The lowest BCUT2D eigenvalue weighted by atomic mass is 10.1. The number of halogens is 8. The highest BCUT2D eigenvalue weighted by molar-refractivity contribution is 8.45. The zero-order valence-corrected chi connectivity index (χ0v) is 17.8. The van der Waals surface area contributed by atoms with Gasteiger partial charge in [0.2, 0.25) is 5.95 Å². The predicted molar refractivity (Wildman–Crippen MR) is 117 cm³/mol. The summed E-state index contributed by atoms with van der Waals surface area (Å²) in [5, 5.41) is 14.1. The number of anilines is 2. The second kappa shape index (κ2) is 7.31. The molecule has 0 radical (unpaired) electrons. The van der Waals surface area contributed by atoms with Crippen LogP contribution in [0.4, 0.5) is 44.2 Å². The number of hydrogen-bond acceptors (Lipinski definition) is 5. The van der Waals surface area contributed by atoms with Crippen LogP contribution in [0.2, 0.25) is 0 Å². The molecule has 1 aromatic heterocycles. The first kappa shape index (κ1) is 24.8. The maximum atomic E-state index is 14.2. The van der Waals surface area contributed by atoms with Crippen molar-refractivity contribution in [2.45, 2.75) is 4.90 Å². The van der Waals surface area contributed by atoms with Crippen molar-refractivity contribution in [1.82, 2.24) is 9.97 Å². The molecule has 1 heterocycles. The summed E-state index contributed by atoms with van der Waals surface area (Å²) in [4.78, 5) is 4.93. The lowest BCUT2D eigenvalue weighted by molar-refractivity contribution is 0.364. The van der Waals surface area contributed by atoms with Crippen molar-refractivity contribution in [3.63, 3.8) is 0 Å². The molecule has 0 aliphatic heterocycles. The fourth-order valence-corrected chi connectivity index (χ4v) is 4.02. The molecule has 0 saturated heterocycles. The molecule has 0 bridgehead atoms. The Labute approximate surface area is 182 Å². The van der Waals surface area contributed by atoms with E-state index in [1.807, 2.05) is 0 Å². The van der Waals surface area contributed by atoms with Crippen LogP contribution in [0, 0.1) is 17.5 Å². The number of aromatic nitrogens is 2. The summed E-state index contributed by atoms with van der Waals surface area (Å²) in [5.41, 5.74) is -2.12. The molecule has 180 valence electrons. The second-order valence-corrected chi connectivity index (χ2v) is 11.4. The van der Waals surface area contributed by atoms with Gasteiger partial charge in [0.1, 0.15) is 22.2 Å². The molecule has 5 nitrogen and oxygen atoms in total. The normalized spacial score (nSPS) is 14.4. The van der Waals surface area contributed by atoms with Crippen molar-refractivity contribution in [2.24, 2.45) is 10.3 Å². The lowest BCUT2D eigenvalue weighted by Gasteiger charge is -2.40. The molecular formula is C18H15F8N5S2. The standard InChI is InChI=1S/C18H15F8N5S2/c1-32(27,28)9-10-4-12(7-13(5-10)33(22,23,24,25)26)30-18-29-8-16(21)17(31-18)14-3-2-11(19)6-15(14)20/h2-9H,1,27-28H2,(H,29,30,31). The molecular weight excluding hydrogens is 502 g/mol. The van der Waals surface area contributed by atoms with Crippen molar-refractivity contribution in [3.05, 3.63) is 65.6 Å². The molecule has 33 heavy (non-hydrogen) atoms. The summed E-state index contributed by atoms with van der Waals surface area (Å²) < 4.78 is 108. The van der Waals surface area contributed by atoms with Gasteiger partial charge in [0.05, 0.1) is 6.20 Å². The second-order valence-electron chi connectivity index (χ2n) is 6.93. The maximum absolute atomic E-state index is 14.2. The minimum atomic E-state index is -10.1. The average molecular weight is 517 g/mol. The van der Waals surface area contributed by atoms with Gasteiger partial charge in [-0.15, -0.1) is 9.58 Å². The van der Waals surface area contributed by atoms with Gasteiger partial charge in [-0.05, 0) is 41.3 Å². The Bertz CT molecular complexity index is 1380. The highest BCUT2D eigenvalue weighted by Gasteiger charge is 2.65. The van der Waals surface area contributed by atoms with E-state index in [1.165, 1.54) is 0 Å². The van der Waals surface area contributed by atoms with E-state index in [9.17, 15) is 32.6 Å². The van der Waals surface area contributed by atoms with Gasteiger partial charge in [-0.3, -0.25) is 10.3 Å². The third kappa shape index (κ3) is 6.34. The molecule has 0 saturated carbocycles. The average Bonchev–Trinajstić information content (AvgIpc) is 2.60. The highest BCUT2D eigenvalue weighted by Crippen LogP contribution is 3.02. The van der Waals surface area contributed by atoms with E-state index in [-0.39, 0.29) is 12.1 Å². The van der Waals surface area contributed by atoms with Crippen LogP contribution in [0.3, 0.4) is 0 Å². The summed E-state index contributed by atoms with van der Waals surface area (Å²) in [5.74, 6) is -0.446. The summed E-state index contributed by atoms with van der Waals surface area (Å²) >= 11 is 0. The van der Waals surface area contributed by atoms with Gasteiger partial charge in [-0.2, -0.15) is 0 Å². The van der Waals surface area contributed by atoms with Crippen LogP contribution in [0.15, 0.2) is 47.5 Å². The van der Waals surface area contributed by atoms with Gasteiger partial charge in [-0.25, -0.2) is 23.1 Å². The number of nitrogens with zero attached hydrogens (tertiary/aromatic N) is 2. The zero-order chi connectivity index (χ0) is 24.9. The summed E-state index contributed by atoms with van der Waals surface area (Å²) in [7, 11) is -12.9. The van der Waals surface area contributed by atoms with Crippen molar-refractivity contribution in [1.29, 1.82) is 0 Å². The van der Waals surface area contributed by atoms with Gasteiger partial charge in [-0.1, -0.05) is 25.3 Å². The summed E-state index contributed by atoms with van der Waals surface area (Å²) in [6.45, 7) is 0. The van der Waals surface area contributed by atoms with Crippen molar-refractivity contribution < 1.29 is 32.6 Å². The van der Waals surface area contributed by atoms with E-state index >= 15 is 0 Å². The minimum absolute atomic E-state index is 0.0941. The Morgan fingerprint density at radius 2 is 1.61 bits per heavy atom. The van der Waals surface area contributed by atoms with E-state index < -0.39 is 70.6 Å². The van der Waals surface area contributed by atoms with Crippen LogP contribution in [0.5, 0.6) is 0 Å². The lowest BCUT2D eigenvalue weighted by Crippen LogP contribution is -2.10. The molecule has 0 fully saturated rings. The SMILES string of the molecule is C=S(N)(N)=Cc1cc(Nc2ncc(F)c(-c3ccc(F)cc3F)n2)cc(S(F)(F)(F)(F)F)c1. The Hall–Kier alpha value is -2.88. The summed E-state index contributed by atoms with van der Waals surface area (Å²) in [6, 6.07) is 3.42. The quantitative estimate of drug-likeness (QED) is 0.281. The number of benzene rings is 2. The van der Waals surface area contributed by atoms with Gasteiger partial charge in [0.25, 0.3) is 0 Å². The predicted octanol–water partition coefficient (Wildman–Crippen LogP) is 6.10. The van der Waals surface area contributed by atoms with Crippen molar-refractivity contribution in [3.8, 4) is 11.3 Å². The third-order valence-corrected chi connectivity index (χ3v) is 5.75. The Kier molecular flexibility index (Phi) is 5.48. The Balaban J connectivity index is 2.13. The van der Waals surface area contributed by atoms with Crippen LogP contribution in [0.1, 0.15) is 5.56 Å². The Morgan fingerprint density at radius 1 is 0.939 bits per heavy atom. The molecule has 3 aromatic rings. The molecule has 5 N–H and O–H groups in total. The van der Waals surface area contributed by atoms with Crippen molar-refractivity contribution in [2.75, 3.05) is 5.32 Å². The number of hydrogen-bond donors (Lipinski definition) is 3. The van der Waals surface area contributed by atoms with Crippen LogP contribution >= 0.6 is 19.8 Å². The monoisotopic (exact) mass is 517 g/mol. The number of rotatable bonds is 5. The zero-order valence-electron chi connectivity index (χ0n) is 16.2. The molecule has 15 heteroatoms. The van der Waals surface area contributed by atoms with Crippen LogP contribution in [-0.4, -0.2) is 21.2 Å². The van der Waals surface area contributed by atoms with Crippen LogP contribution in [-0.2, 0) is 0 Å². The molecule has 0 atom stereocenters. The van der Waals surface area contributed by atoms with Gasteiger partial charge in [0, 0.05) is 17.3 Å². The molecule has 0 aliphatic carbocycles. The largest absolute Gasteiger partial charge is 0.324 e. The van der Waals surface area contributed by atoms with Gasteiger partial charge >= 0.3 is 10.2 Å². The molecule has 0 aliphatic rings. The van der Waals surface area contributed by atoms with Crippen molar-refractivity contribution >= 4 is 42.7 Å². The first-order valence-corrected chi connectivity index (χ1v) is 12.5. The van der Waals surface area contributed by atoms with Gasteiger partial charge in [0.15, 0.2) is 5.82 Å². The Morgan fingerprint density at radius 3 is 2.18 bits per heavy atom. The smallest absolute Gasteiger partial charge is 0.310 e.